The molecule has 2 aliphatic carbocycles. The first-order chi connectivity index (χ1) is 6.38. The van der Waals surface area contributed by atoms with Gasteiger partial charge in [-0.15, -0.1) is 0 Å². The van der Waals surface area contributed by atoms with Crippen molar-refractivity contribution in [3.8, 4) is 6.07 Å². The molecule has 1 fully saturated rings. The Labute approximate surface area is 78.0 Å². The normalized spacial score (nSPS) is 28.5. The Bertz CT molecular complexity index is 400. The van der Waals surface area contributed by atoms with Crippen molar-refractivity contribution in [3.63, 3.8) is 0 Å². The highest BCUT2D eigenvalue weighted by Gasteiger charge is 2.41. The summed E-state index contributed by atoms with van der Waals surface area (Å²) < 4.78 is 0. The zero-order valence-electron chi connectivity index (χ0n) is 7.46. The number of hydrogen-bond donors (Lipinski definition) is 0. The number of aryl methyl sites for hydroxylation is 1. The van der Waals surface area contributed by atoms with E-state index in [0.717, 1.165) is 17.4 Å². The number of nitriles is 1. The van der Waals surface area contributed by atoms with Crippen LogP contribution in [0.25, 0.3) is 0 Å². The van der Waals surface area contributed by atoms with Gasteiger partial charge < -0.3 is 0 Å². The van der Waals surface area contributed by atoms with E-state index in [2.05, 4.69) is 18.2 Å². The van der Waals surface area contributed by atoms with Crippen LogP contribution in [0.4, 0.5) is 0 Å². The number of fused-ring (bicyclic) bond motifs is 3. The van der Waals surface area contributed by atoms with Crippen LogP contribution in [0.1, 0.15) is 35.4 Å². The molecule has 2 aliphatic rings. The number of hydrogen-bond acceptors (Lipinski definition) is 1. The third kappa shape index (κ3) is 0.986. The molecule has 0 heterocycles. The van der Waals surface area contributed by atoms with E-state index in [1.165, 1.54) is 30.4 Å². The van der Waals surface area contributed by atoms with Gasteiger partial charge >= 0.3 is 0 Å². The van der Waals surface area contributed by atoms with E-state index in [1.54, 1.807) is 0 Å². The fourth-order valence-electron chi connectivity index (χ4n) is 2.53. The SMILES string of the molecule is N#Cc1ccc2c(c1)C1CC1CC2. The maximum absolute atomic E-state index is 8.79. The Morgan fingerprint density at radius 3 is 3.15 bits per heavy atom. The summed E-state index contributed by atoms with van der Waals surface area (Å²) in [5.41, 5.74) is 3.78. The summed E-state index contributed by atoms with van der Waals surface area (Å²) in [6.45, 7) is 0. The first-order valence-electron chi connectivity index (χ1n) is 4.91. The van der Waals surface area contributed by atoms with Crippen molar-refractivity contribution in [3.05, 3.63) is 34.9 Å². The van der Waals surface area contributed by atoms with Gasteiger partial charge in [-0.05, 0) is 54.4 Å². The maximum Gasteiger partial charge on any atom is 0.0991 e. The summed E-state index contributed by atoms with van der Waals surface area (Å²) in [4.78, 5) is 0. The van der Waals surface area contributed by atoms with E-state index >= 15 is 0 Å². The molecule has 1 saturated carbocycles. The van der Waals surface area contributed by atoms with Gasteiger partial charge in [0.05, 0.1) is 11.6 Å². The van der Waals surface area contributed by atoms with Crippen molar-refractivity contribution in [2.24, 2.45) is 5.92 Å². The van der Waals surface area contributed by atoms with E-state index in [-0.39, 0.29) is 0 Å². The second kappa shape index (κ2) is 2.35. The smallest absolute Gasteiger partial charge is 0.0991 e. The summed E-state index contributed by atoms with van der Waals surface area (Å²) in [5.74, 6) is 1.75. The van der Waals surface area contributed by atoms with Gasteiger partial charge in [0.25, 0.3) is 0 Å². The Morgan fingerprint density at radius 2 is 2.31 bits per heavy atom. The molecule has 1 aromatic rings. The Balaban J connectivity index is 2.12. The third-order valence-corrected chi connectivity index (χ3v) is 3.38. The maximum atomic E-state index is 8.79. The van der Waals surface area contributed by atoms with Crippen molar-refractivity contribution in [2.75, 3.05) is 0 Å². The minimum absolute atomic E-state index is 0.803. The first kappa shape index (κ1) is 7.15. The lowest BCUT2D eigenvalue weighted by molar-refractivity contribution is 0.667. The van der Waals surface area contributed by atoms with Crippen LogP contribution in [-0.2, 0) is 6.42 Å². The van der Waals surface area contributed by atoms with Crippen LogP contribution in [0, 0.1) is 17.2 Å². The van der Waals surface area contributed by atoms with Gasteiger partial charge in [-0.2, -0.15) is 5.26 Å². The van der Waals surface area contributed by atoms with E-state index in [9.17, 15) is 0 Å². The molecule has 1 heteroatoms. The summed E-state index contributed by atoms with van der Waals surface area (Å²) >= 11 is 0. The molecule has 1 nitrogen and oxygen atoms in total. The van der Waals surface area contributed by atoms with Crippen molar-refractivity contribution < 1.29 is 0 Å². The second-order valence-electron chi connectivity index (χ2n) is 4.17. The fourth-order valence-corrected chi connectivity index (χ4v) is 2.53. The van der Waals surface area contributed by atoms with Crippen LogP contribution in [0.15, 0.2) is 18.2 Å². The lowest BCUT2D eigenvalue weighted by Crippen LogP contribution is -2.01. The third-order valence-electron chi connectivity index (χ3n) is 3.38. The highest BCUT2D eigenvalue weighted by Crippen LogP contribution is 2.54. The molecule has 0 saturated heterocycles. The van der Waals surface area contributed by atoms with Gasteiger partial charge in [-0.3, -0.25) is 0 Å². The van der Waals surface area contributed by atoms with Gasteiger partial charge in [-0.25, -0.2) is 0 Å². The molecular formula is C12H11N. The van der Waals surface area contributed by atoms with Crippen molar-refractivity contribution in [2.45, 2.75) is 25.2 Å². The fraction of sp³-hybridized carbons (Fsp3) is 0.417. The predicted molar refractivity (Wildman–Crippen MR) is 50.3 cm³/mol. The van der Waals surface area contributed by atoms with Gasteiger partial charge in [0.2, 0.25) is 0 Å². The molecule has 0 spiro atoms. The standard InChI is InChI=1S/C12H11N/c13-7-8-1-2-9-3-4-10-6-12(10)11(9)5-8/h1-2,5,10,12H,3-4,6H2. The van der Waals surface area contributed by atoms with Crippen molar-refractivity contribution in [1.29, 1.82) is 5.26 Å². The second-order valence-corrected chi connectivity index (χ2v) is 4.17. The summed E-state index contributed by atoms with van der Waals surface area (Å²) in [5, 5.41) is 8.79. The Morgan fingerprint density at radius 1 is 1.38 bits per heavy atom. The van der Waals surface area contributed by atoms with Crippen LogP contribution in [-0.4, -0.2) is 0 Å². The quantitative estimate of drug-likeness (QED) is 0.585. The molecule has 0 radical (unpaired) electrons. The number of nitrogens with zero attached hydrogens (tertiary/aromatic N) is 1. The van der Waals surface area contributed by atoms with Crippen LogP contribution >= 0.6 is 0 Å². The average Bonchev–Trinajstić information content (AvgIpc) is 2.96. The number of rotatable bonds is 0. The van der Waals surface area contributed by atoms with Crippen molar-refractivity contribution in [1.82, 2.24) is 0 Å². The summed E-state index contributed by atoms with van der Waals surface area (Å²) in [6.07, 6.45) is 3.95. The van der Waals surface area contributed by atoms with Gasteiger partial charge in [0, 0.05) is 0 Å². The average molecular weight is 169 g/mol. The molecule has 0 bridgehead atoms. The van der Waals surface area contributed by atoms with E-state index in [1.807, 2.05) is 6.07 Å². The molecule has 0 aromatic heterocycles. The lowest BCUT2D eigenvalue weighted by atomic mass is 9.90. The molecule has 2 atom stereocenters. The first-order valence-corrected chi connectivity index (χ1v) is 4.91. The molecule has 2 unspecified atom stereocenters. The molecule has 13 heavy (non-hydrogen) atoms. The zero-order valence-corrected chi connectivity index (χ0v) is 7.46. The Hall–Kier alpha value is -1.29. The van der Waals surface area contributed by atoms with E-state index in [4.69, 9.17) is 5.26 Å². The lowest BCUT2D eigenvalue weighted by Gasteiger charge is -2.14. The molecule has 0 amide bonds. The van der Waals surface area contributed by atoms with E-state index < -0.39 is 0 Å². The Kier molecular flexibility index (Phi) is 1.29. The van der Waals surface area contributed by atoms with Crippen LogP contribution in [0.3, 0.4) is 0 Å². The van der Waals surface area contributed by atoms with Crippen LogP contribution in [0.5, 0.6) is 0 Å². The highest BCUT2D eigenvalue weighted by atomic mass is 14.5. The number of benzene rings is 1. The predicted octanol–water partition coefficient (Wildman–Crippen LogP) is 2.61. The van der Waals surface area contributed by atoms with Crippen LogP contribution in [0.2, 0.25) is 0 Å². The summed E-state index contributed by atoms with van der Waals surface area (Å²) in [7, 11) is 0. The van der Waals surface area contributed by atoms with Crippen LogP contribution < -0.4 is 0 Å². The monoisotopic (exact) mass is 169 g/mol. The minimum atomic E-state index is 0.803. The van der Waals surface area contributed by atoms with Gasteiger partial charge in [0.15, 0.2) is 0 Å². The van der Waals surface area contributed by atoms with Gasteiger partial charge in [-0.1, -0.05) is 6.07 Å². The highest BCUT2D eigenvalue weighted by molar-refractivity contribution is 5.44. The topological polar surface area (TPSA) is 23.8 Å². The van der Waals surface area contributed by atoms with Gasteiger partial charge in [0.1, 0.15) is 0 Å². The molecule has 0 N–H and O–H groups in total. The molecule has 1 aromatic carbocycles. The largest absolute Gasteiger partial charge is 0.192 e. The zero-order chi connectivity index (χ0) is 8.84. The molecule has 0 aliphatic heterocycles. The summed E-state index contributed by atoms with van der Waals surface area (Å²) in [6, 6.07) is 8.40. The van der Waals surface area contributed by atoms with E-state index in [0.29, 0.717) is 0 Å². The minimum Gasteiger partial charge on any atom is -0.192 e. The van der Waals surface area contributed by atoms with Crippen molar-refractivity contribution >= 4 is 0 Å². The molecule has 64 valence electrons. The molecular weight excluding hydrogens is 158 g/mol. The molecule has 3 rings (SSSR count).